The molecule has 2 aliphatic heterocycles. The molecule has 6 heteroatoms. The Morgan fingerprint density at radius 2 is 2.04 bits per heavy atom. The summed E-state index contributed by atoms with van der Waals surface area (Å²) in [5.74, 6) is 1.11. The lowest BCUT2D eigenvalue weighted by molar-refractivity contribution is 0.0541. The molecular weight excluding hydrogens is 332 g/mol. The van der Waals surface area contributed by atoms with E-state index >= 15 is 0 Å². The summed E-state index contributed by atoms with van der Waals surface area (Å²) in [5, 5.41) is 11.1. The smallest absolute Gasteiger partial charge is 0.254 e. The molecule has 2 N–H and O–H groups in total. The second kappa shape index (κ2) is 5.78. The van der Waals surface area contributed by atoms with Gasteiger partial charge in [-0.25, -0.2) is 0 Å². The second-order valence-electron chi connectivity index (χ2n) is 6.67. The molecule has 26 heavy (non-hydrogen) atoms. The minimum atomic E-state index is -0.250. The Kier molecular flexibility index (Phi) is 3.39. The van der Waals surface area contributed by atoms with Gasteiger partial charge in [-0.05, 0) is 36.2 Å². The van der Waals surface area contributed by atoms with Crippen molar-refractivity contribution in [1.82, 2.24) is 9.88 Å². The van der Waals surface area contributed by atoms with E-state index in [1.165, 1.54) is 5.56 Å². The fourth-order valence-corrected chi connectivity index (χ4v) is 3.87. The number of carbonyl (C=O) groups is 1. The van der Waals surface area contributed by atoms with Crippen molar-refractivity contribution in [3.05, 3.63) is 59.3 Å². The summed E-state index contributed by atoms with van der Waals surface area (Å²) in [6.07, 6.45) is 0.631. The summed E-state index contributed by atoms with van der Waals surface area (Å²) in [6.45, 7) is 0.548. The number of hydrogen-bond donors (Lipinski definition) is 2. The molecule has 5 rings (SSSR count). The van der Waals surface area contributed by atoms with Crippen molar-refractivity contribution in [2.75, 3.05) is 13.4 Å². The minimum Gasteiger partial charge on any atom is -0.454 e. The highest BCUT2D eigenvalue weighted by atomic mass is 16.7. The number of ether oxygens (including phenoxy) is 2. The molecule has 0 spiro atoms. The van der Waals surface area contributed by atoms with Crippen LogP contribution >= 0.6 is 0 Å². The summed E-state index contributed by atoms with van der Waals surface area (Å²) in [6, 6.07) is 13.1. The van der Waals surface area contributed by atoms with E-state index in [-0.39, 0.29) is 25.3 Å². The van der Waals surface area contributed by atoms with Crippen LogP contribution in [0.3, 0.4) is 0 Å². The number of rotatable bonds is 2. The maximum Gasteiger partial charge on any atom is 0.254 e. The predicted molar refractivity (Wildman–Crippen MR) is 95.3 cm³/mol. The first-order valence-corrected chi connectivity index (χ1v) is 8.64. The highest BCUT2D eigenvalue weighted by Crippen LogP contribution is 2.34. The average molecular weight is 350 g/mol. The van der Waals surface area contributed by atoms with Crippen molar-refractivity contribution in [3.63, 3.8) is 0 Å². The lowest BCUT2D eigenvalue weighted by atomic mass is 9.96. The Morgan fingerprint density at radius 3 is 2.92 bits per heavy atom. The highest BCUT2D eigenvalue weighted by molar-refractivity contribution is 5.96. The van der Waals surface area contributed by atoms with Gasteiger partial charge in [0.1, 0.15) is 0 Å². The Labute approximate surface area is 149 Å². The number of aromatic nitrogens is 1. The monoisotopic (exact) mass is 350 g/mol. The van der Waals surface area contributed by atoms with Crippen LogP contribution in [0.15, 0.2) is 42.5 Å². The Morgan fingerprint density at radius 1 is 1.19 bits per heavy atom. The van der Waals surface area contributed by atoms with E-state index in [9.17, 15) is 9.90 Å². The molecule has 0 aliphatic carbocycles. The number of amides is 1. The highest BCUT2D eigenvalue weighted by Gasteiger charge is 2.32. The first kappa shape index (κ1) is 15.3. The van der Waals surface area contributed by atoms with Gasteiger partial charge < -0.3 is 24.5 Å². The molecule has 1 atom stereocenters. The lowest BCUT2D eigenvalue weighted by Gasteiger charge is -2.34. The SMILES string of the molecule is O=C(c1ccc2c(c1)OCO2)N1Cc2[nH]c3ccccc3c2CC1CO. The molecule has 0 saturated carbocycles. The molecule has 0 radical (unpaired) electrons. The van der Waals surface area contributed by atoms with E-state index in [0.29, 0.717) is 30.0 Å². The summed E-state index contributed by atoms with van der Waals surface area (Å²) >= 11 is 0. The third-order valence-electron chi connectivity index (χ3n) is 5.20. The number of hydrogen-bond acceptors (Lipinski definition) is 4. The number of para-hydroxylation sites is 1. The van der Waals surface area contributed by atoms with Gasteiger partial charge in [0.15, 0.2) is 11.5 Å². The summed E-state index contributed by atoms with van der Waals surface area (Å²) in [5.41, 5.74) is 3.82. The number of nitrogens with one attached hydrogen (secondary N) is 1. The summed E-state index contributed by atoms with van der Waals surface area (Å²) in [4.78, 5) is 18.2. The molecule has 0 bridgehead atoms. The molecule has 1 aromatic heterocycles. The van der Waals surface area contributed by atoms with Gasteiger partial charge in [0, 0.05) is 22.2 Å². The first-order valence-electron chi connectivity index (χ1n) is 8.64. The summed E-state index contributed by atoms with van der Waals surface area (Å²) in [7, 11) is 0. The van der Waals surface area contributed by atoms with Gasteiger partial charge in [-0.15, -0.1) is 0 Å². The number of nitrogens with zero attached hydrogens (tertiary/aromatic N) is 1. The van der Waals surface area contributed by atoms with E-state index in [0.717, 1.165) is 16.6 Å². The van der Waals surface area contributed by atoms with Crippen LogP contribution in [0, 0.1) is 0 Å². The number of aromatic amines is 1. The topological polar surface area (TPSA) is 74.8 Å². The number of H-pyrrole nitrogens is 1. The van der Waals surface area contributed by atoms with Crippen molar-refractivity contribution in [1.29, 1.82) is 0 Å². The van der Waals surface area contributed by atoms with Crippen molar-refractivity contribution in [2.45, 2.75) is 19.0 Å². The molecule has 0 saturated heterocycles. The molecule has 3 aromatic rings. The Balaban J connectivity index is 1.51. The third-order valence-corrected chi connectivity index (χ3v) is 5.20. The van der Waals surface area contributed by atoms with Crippen LogP contribution in [0.4, 0.5) is 0 Å². The number of fused-ring (bicyclic) bond motifs is 4. The normalized spacial score (nSPS) is 18.2. The molecule has 0 fully saturated rings. The predicted octanol–water partition coefficient (Wildman–Crippen LogP) is 2.46. The fraction of sp³-hybridized carbons (Fsp3) is 0.250. The molecular formula is C20H18N2O4. The zero-order chi connectivity index (χ0) is 17.7. The molecule has 3 heterocycles. The zero-order valence-corrected chi connectivity index (χ0v) is 14.1. The van der Waals surface area contributed by atoms with Crippen LogP contribution in [0.1, 0.15) is 21.6 Å². The van der Waals surface area contributed by atoms with E-state index in [2.05, 4.69) is 11.1 Å². The van der Waals surface area contributed by atoms with Crippen molar-refractivity contribution in [3.8, 4) is 11.5 Å². The summed E-state index contributed by atoms with van der Waals surface area (Å²) < 4.78 is 10.7. The van der Waals surface area contributed by atoms with Gasteiger partial charge in [0.2, 0.25) is 6.79 Å². The number of carbonyl (C=O) groups excluding carboxylic acids is 1. The maximum absolute atomic E-state index is 13.1. The van der Waals surface area contributed by atoms with Crippen molar-refractivity contribution < 1.29 is 19.4 Å². The van der Waals surface area contributed by atoms with Crippen LogP contribution in [-0.2, 0) is 13.0 Å². The van der Waals surface area contributed by atoms with Crippen molar-refractivity contribution >= 4 is 16.8 Å². The van der Waals surface area contributed by atoms with E-state index in [1.807, 2.05) is 18.2 Å². The van der Waals surface area contributed by atoms with E-state index < -0.39 is 0 Å². The molecule has 1 unspecified atom stereocenters. The second-order valence-corrected chi connectivity index (χ2v) is 6.67. The first-order chi connectivity index (χ1) is 12.7. The zero-order valence-electron chi connectivity index (χ0n) is 14.1. The van der Waals surface area contributed by atoms with Gasteiger partial charge in [-0.3, -0.25) is 4.79 Å². The largest absolute Gasteiger partial charge is 0.454 e. The lowest BCUT2D eigenvalue weighted by Crippen LogP contribution is -2.46. The van der Waals surface area contributed by atoms with Crippen LogP contribution < -0.4 is 9.47 Å². The van der Waals surface area contributed by atoms with E-state index in [1.54, 1.807) is 23.1 Å². The van der Waals surface area contributed by atoms with Gasteiger partial charge in [0.25, 0.3) is 5.91 Å². The number of aliphatic hydroxyl groups excluding tert-OH is 1. The molecule has 132 valence electrons. The number of aliphatic hydroxyl groups is 1. The molecule has 2 aliphatic rings. The van der Waals surface area contributed by atoms with Crippen LogP contribution in [0.25, 0.3) is 10.9 Å². The maximum atomic E-state index is 13.1. The Bertz CT molecular complexity index is 1010. The number of benzene rings is 2. The van der Waals surface area contributed by atoms with Crippen molar-refractivity contribution in [2.24, 2.45) is 0 Å². The minimum absolute atomic E-state index is 0.0742. The third kappa shape index (κ3) is 2.26. The standard InChI is InChI=1S/C20H18N2O4/c23-10-13-8-15-14-3-1-2-4-16(14)21-17(15)9-22(13)20(24)12-5-6-18-19(7-12)26-11-25-18/h1-7,13,21,23H,8-11H2. The molecule has 1 amide bonds. The van der Waals surface area contributed by atoms with Gasteiger partial charge in [0.05, 0.1) is 19.2 Å². The van der Waals surface area contributed by atoms with Gasteiger partial charge >= 0.3 is 0 Å². The molecule has 6 nitrogen and oxygen atoms in total. The van der Waals surface area contributed by atoms with Crippen LogP contribution in [-0.4, -0.2) is 40.3 Å². The Hall–Kier alpha value is -2.99. The van der Waals surface area contributed by atoms with Crippen LogP contribution in [0.5, 0.6) is 11.5 Å². The fourth-order valence-electron chi connectivity index (χ4n) is 3.87. The van der Waals surface area contributed by atoms with Gasteiger partial charge in [-0.1, -0.05) is 18.2 Å². The van der Waals surface area contributed by atoms with Crippen LogP contribution in [0.2, 0.25) is 0 Å². The molecule has 2 aromatic carbocycles. The quantitative estimate of drug-likeness (QED) is 0.744. The van der Waals surface area contributed by atoms with Gasteiger partial charge in [-0.2, -0.15) is 0 Å². The van der Waals surface area contributed by atoms with E-state index in [4.69, 9.17) is 9.47 Å². The average Bonchev–Trinajstić information content (AvgIpc) is 3.29.